The van der Waals surface area contributed by atoms with E-state index in [-0.39, 0.29) is 0 Å². The van der Waals surface area contributed by atoms with Crippen LogP contribution in [0.25, 0.3) is 0 Å². The molecule has 1 saturated carbocycles. The van der Waals surface area contributed by atoms with Crippen molar-refractivity contribution in [3.8, 4) is 0 Å². The Morgan fingerprint density at radius 1 is 1.24 bits per heavy atom. The van der Waals surface area contributed by atoms with E-state index in [0.29, 0.717) is 11.5 Å². The van der Waals surface area contributed by atoms with E-state index in [1.807, 2.05) is 0 Å². The van der Waals surface area contributed by atoms with Crippen molar-refractivity contribution in [3.05, 3.63) is 34.3 Å². The molecule has 0 spiro atoms. The van der Waals surface area contributed by atoms with E-state index in [2.05, 4.69) is 66.3 Å². The number of hydrogen-bond donors (Lipinski definition) is 1. The summed E-state index contributed by atoms with van der Waals surface area (Å²) >= 11 is 3.62. The summed E-state index contributed by atoms with van der Waals surface area (Å²) in [5.41, 5.74) is 1.93. The quantitative estimate of drug-likeness (QED) is 0.841. The van der Waals surface area contributed by atoms with Crippen LogP contribution in [0.15, 0.2) is 28.7 Å². The van der Waals surface area contributed by atoms with Gasteiger partial charge in [-0.25, -0.2) is 0 Å². The van der Waals surface area contributed by atoms with Gasteiger partial charge in [-0.3, -0.25) is 0 Å². The van der Waals surface area contributed by atoms with E-state index in [9.17, 15) is 0 Å². The summed E-state index contributed by atoms with van der Waals surface area (Å²) in [6.07, 6.45) is 2.78. The Morgan fingerprint density at radius 2 is 1.88 bits per heavy atom. The van der Waals surface area contributed by atoms with Crippen LogP contribution in [0.4, 0.5) is 0 Å². The van der Waals surface area contributed by atoms with Crippen molar-refractivity contribution in [2.45, 2.75) is 39.7 Å². The zero-order valence-corrected chi connectivity index (χ0v) is 12.5. The molecular weight excluding hydrogens is 274 g/mol. The largest absolute Gasteiger partial charge is 0.310 e. The Kier molecular flexibility index (Phi) is 3.94. The fourth-order valence-corrected chi connectivity index (χ4v) is 3.04. The third-order valence-corrected chi connectivity index (χ3v) is 4.97. The first-order valence-corrected chi connectivity index (χ1v) is 7.32. The van der Waals surface area contributed by atoms with Gasteiger partial charge in [0.1, 0.15) is 0 Å². The molecule has 1 unspecified atom stereocenters. The molecule has 1 aromatic rings. The van der Waals surface area contributed by atoms with E-state index in [1.54, 1.807) is 0 Å². The van der Waals surface area contributed by atoms with Gasteiger partial charge in [-0.1, -0.05) is 48.0 Å². The molecule has 0 aliphatic heterocycles. The maximum Gasteiger partial charge on any atom is 0.0303 e. The molecule has 1 nitrogen and oxygen atoms in total. The number of benzene rings is 1. The molecule has 1 aromatic carbocycles. The third kappa shape index (κ3) is 2.92. The van der Waals surface area contributed by atoms with Gasteiger partial charge in [0.25, 0.3) is 0 Å². The fourth-order valence-electron chi connectivity index (χ4n) is 2.41. The van der Waals surface area contributed by atoms with E-state index in [4.69, 9.17) is 0 Å². The van der Waals surface area contributed by atoms with Crippen LogP contribution in [0, 0.1) is 11.3 Å². The third-order valence-electron chi connectivity index (χ3n) is 4.25. The minimum absolute atomic E-state index is 0.418. The predicted molar refractivity (Wildman–Crippen MR) is 77.1 cm³/mol. The van der Waals surface area contributed by atoms with Crippen molar-refractivity contribution in [2.24, 2.45) is 11.3 Å². The normalized spacial score (nSPS) is 19.4. The Labute approximate surface area is 113 Å². The average Bonchev–Trinajstić information content (AvgIpc) is 3.07. The highest BCUT2D eigenvalue weighted by Gasteiger charge is 2.44. The lowest BCUT2D eigenvalue weighted by Crippen LogP contribution is -2.29. The molecule has 0 bridgehead atoms. The van der Waals surface area contributed by atoms with Gasteiger partial charge < -0.3 is 5.32 Å². The van der Waals surface area contributed by atoms with Gasteiger partial charge in [0.05, 0.1) is 0 Å². The molecule has 0 saturated heterocycles. The Balaban J connectivity index is 1.94. The molecular formula is C15H22BrN. The van der Waals surface area contributed by atoms with Crippen LogP contribution in [0.3, 0.4) is 0 Å². The van der Waals surface area contributed by atoms with Gasteiger partial charge in [-0.05, 0) is 42.7 Å². The molecule has 1 aliphatic rings. The number of nitrogens with one attached hydrogen (secondary N) is 1. The smallest absolute Gasteiger partial charge is 0.0303 e. The number of halogens is 1. The highest BCUT2D eigenvalue weighted by Crippen LogP contribution is 2.51. The molecule has 0 radical (unpaired) electrons. The molecule has 0 aromatic heterocycles. The van der Waals surface area contributed by atoms with Crippen LogP contribution in [0.5, 0.6) is 0 Å². The highest BCUT2D eigenvalue weighted by atomic mass is 79.9. The molecule has 2 heteroatoms. The van der Waals surface area contributed by atoms with Crippen LogP contribution < -0.4 is 5.32 Å². The van der Waals surface area contributed by atoms with Crippen molar-refractivity contribution < 1.29 is 0 Å². The first kappa shape index (κ1) is 13.1. The summed E-state index contributed by atoms with van der Waals surface area (Å²) in [6, 6.07) is 8.89. The molecule has 2 rings (SSSR count). The van der Waals surface area contributed by atoms with Gasteiger partial charge >= 0.3 is 0 Å². The lowest BCUT2D eigenvalue weighted by Gasteiger charge is -2.24. The standard InChI is InChI=1S/C15H22BrN/c1-11(2)15(8-9-15)10-17-12(3)13-6-4-5-7-14(13)16/h4-7,11-12,17H,8-10H2,1-3H3. The average molecular weight is 296 g/mol. The summed E-state index contributed by atoms with van der Waals surface area (Å²) < 4.78 is 1.20. The second-order valence-electron chi connectivity index (χ2n) is 5.64. The van der Waals surface area contributed by atoms with Crippen LogP contribution in [0.1, 0.15) is 45.2 Å². The van der Waals surface area contributed by atoms with Crippen molar-refractivity contribution in [1.82, 2.24) is 5.32 Å². The maximum atomic E-state index is 3.69. The molecule has 0 amide bonds. The minimum atomic E-state index is 0.418. The van der Waals surface area contributed by atoms with Crippen molar-refractivity contribution in [3.63, 3.8) is 0 Å². The van der Waals surface area contributed by atoms with E-state index >= 15 is 0 Å². The van der Waals surface area contributed by atoms with Gasteiger partial charge in [0.15, 0.2) is 0 Å². The van der Waals surface area contributed by atoms with Crippen LogP contribution in [-0.4, -0.2) is 6.54 Å². The van der Waals surface area contributed by atoms with E-state index < -0.39 is 0 Å². The SMILES string of the molecule is CC(NCC1(C(C)C)CC1)c1ccccc1Br. The Hall–Kier alpha value is -0.340. The lowest BCUT2D eigenvalue weighted by atomic mass is 9.92. The van der Waals surface area contributed by atoms with Gasteiger partial charge in [-0.15, -0.1) is 0 Å². The summed E-state index contributed by atoms with van der Waals surface area (Å²) in [5.74, 6) is 0.793. The fraction of sp³-hybridized carbons (Fsp3) is 0.600. The zero-order chi connectivity index (χ0) is 12.5. The summed E-state index contributed by atoms with van der Waals surface area (Å²) in [6.45, 7) is 8.08. The molecule has 1 aliphatic carbocycles. The lowest BCUT2D eigenvalue weighted by molar-refractivity contribution is 0.325. The summed E-state index contributed by atoms with van der Waals surface area (Å²) in [4.78, 5) is 0. The minimum Gasteiger partial charge on any atom is -0.310 e. The van der Waals surface area contributed by atoms with Crippen molar-refractivity contribution in [1.29, 1.82) is 0 Å². The molecule has 94 valence electrons. The molecule has 1 fully saturated rings. The Bertz CT molecular complexity index is 382. The zero-order valence-electron chi connectivity index (χ0n) is 11.0. The first-order chi connectivity index (χ1) is 8.05. The number of rotatable bonds is 5. The highest BCUT2D eigenvalue weighted by molar-refractivity contribution is 9.10. The summed E-state index contributed by atoms with van der Waals surface area (Å²) in [7, 11) is 0. The van der Waals surface area contributed by atoms with Crippen molar-refractivity contribution >= 4 is 15.9 Å². The van der Waals surface area contributed by atoms with Crippen LogP contribution in [0.2, 0.25) is 0 Å². The van der Waals surface area contributed by atoms with Crippen LogP contribution >= 0.6 is 15.9 Å². The monoisotopic (exact) mass is 295 g/mol. The van der Waals surface area contributed by atoms with Gasteiger partial charge in [0.2, 0.25) is 0 Å². The first-order valence-electron chi connectivity index (χ1n) is 6.53. The van der Waals surface area contributed by atoms with Gasteiger partial charge in [-0.2, -0.15) is 0 Å². The van der Waals surface area contributed by atoms with E-state index in [0.717, 1.165) is 12.5 Å². The second-order valence-corrected chi connectivity index (χ2v) is 6.50. The van der Waals surface area contributed by atoms with E-state index in [1.165, 1.54) is 22.9 Å². The molecule has 1 N–H and O–H groups in total. The Morgan fingerprint density at radius 3 is 2.41 bits per heavy atom. The predicted octanol–water partition coefficient (Wildman–Crippen LogP) is 4.54. The molecule has 17 heavy (non-hydrogen) atoms. The maximum absolute atomic E-state index is 3.69. The van der Waals surface area contributed by atoms with Gasteiger partial charge in [0, 0.05) is 17.1 Å². The number of hydrogen-bond acceptors (Lipinski definition) is 1. The molecule has 1 atom stereocenters. The van der Waals surface area contributed by atoms with Crippen LogP contribution in [-0.2, 0) is 0 Å². The molecule has 0 heterocycles. The van der Waals surface area contributed by atoms with Crippen molar-refractivity contribution in [2.75, 3.05) is 6.54 Å². The topological polar surface area (TPSA) is 12.0 Å². The second kappa shape index (κ2) is 5.11. The summed E-state index contributed by atoms with van der Waals surface area (Å²) in [5, 5.41) is 3.69.